The molecule has 1 saturated carbocycles. The zero-order valence-electron chi connectivity index (χ0n) is 11.7. The summed E-state index contributed by atoms with van der Waals surface area (Å²) in [4.78, 5) is 10.6. The zero-order valence-corrected chi connectivity index (χ0v) is 12.5. The smallest absolute Gasteiger partial charge is 0.328 e. The summed E-state index contributed by atoms with van der Waals surface area (Å²) in [5.41, 5.74) is 0.644. The van der Waals surface area contributed by atoms with Crippen molar-refractivity contribution in [3.05, 3.63) is 35.9 Å². The number of rotatable bonds is 7. The summed E-state index contributed by atoms with van der Waals surface area (Å²) in [6.45, 7) is 0.466. The van der Waals surface area contributed by atoms with Crippen molar-refractivity contribution in [2.75, 3.05) is 6.54 Å². The van der Waals surface area contributed by atoms with Gasteiger partial charge in [-0.1, -0.05) is 31.4 Å². The fourth-order valence-corrected chi connectivity index (χ4v) is 3.24. The summed E-state index contributed by atoms with van der Waals surface area (Å²) in [5, 5.41) is 8.53. The summed E-state index contributed by atoms with van der Waals surface area (Å²) in [5.74, 6) is -0.374. The van der Waals surface area contributed by atoms with Gasteiger partial charge in [0.25, 0.3) is 0 Å². The normalized spacial score (nSPS) is 16.0. The van der Waals surface area contributed by atoms with Gasteiger partial charge in [0.2, 0.25) is 10.0 Å². The molecule has 0 saturated heterocycles. The molecule has 2 N–H and O–H groups in total. The van der Waals surface area contributed by atoms with E-state index in [0.29, 0.717) is 18.0 Å². The Labute approximate surface area is 124 Å². The van der Waals surface area contributed by atoms with Crippen LogP contribution in [-0.2, 0) is 14.8 Å². The van der Waals surface area contributed by atoms with Crippen molar-refractivity contribution in [3.63, 3.8) is 0 Å². The van der Waals surface area contributed by atoms with Gasteiger partial charge in [0.05, 0.1) is 4.90 Å². The highest BCUT2D eigenvalue weighted by atomic mass is 32.2. The fraction of sp³-hybridized carbons (Fsp3) is 0.400. The average Bonchev–Trinajstić information content (AvgIpc) is 2.40. The molecule has 5 nitrogen and oxygen atoms in total. The van der Waals surface area contributed by atoms with E-state index in [9.17, 15) is 13.2 Å². The minimum absolute atomic E-state index is 0.198. The molecule has 0 spiro atoms. The third-order valence-electron chi connectivity index (χ3n) is 3.68. The van der Waals surface area contributed by atoms with Gasteiger partial charge in [-0.05, 0) is 36.1 Å². The van der Waals surface area contributed by atoms with Gasteiger partial charge in [-0.15, -0.1) is 0 Å². The van der Waals surface area contributed by atoms with Crippen LogP contribution in [0.25, 0.3) is 6.08 Å². The van der Waals surface area contributed by atoms with Crippen molar-refractivity contribution < 1.29 is 18.3 Å². The molecule has 1 aromatic carbocycles. The fourth-order valence-electron chi connectivity index (χ4n) is 2.19. The Kier molecular flexibility index (Phi) is 5.14. The first-order chi connectivity index (χ1) is 9.97. The molecular weight excluding hydrogens is 290 g/mol. The van der Waals surface area contributed by atoms with Gasteiger partial charge in [0, 0.05) is 12.6 Å². The molecule has 0 radical (unpaired) electrons. The molecule has 0 atom stereocenters. The number of benzene rings is 1. The van der Waals surface area contributed by atoms with Gasteiger partial charge >= 0.3 is 5.97 Å². The van der Waals surface area contributed by atoms with Crippen LogP contribution in [0.4, 0.5) is 0 Å². The minimum Gasteiger partial charge on any atom is -0.478 e. The van der Waals surface area contributed by atoms with Gasteiger partial charge in [-0.25, -0.2) is 17.9 Å². The molecular formula is C15H19NO4S. The molecule has 0 unspecified atom stereocenters. The molecule has 1 aromatic rings. The van der Waals surface area contributed by atoms with E-state index in [1.165, 1.54) is 37.5 Å². The lowest BCUT2D eigenvalue weighted by Gasteiger charge is -2.25. The van der Waals surface area contributed by atoms with Crippen molar-refractivity contribution in [1.29, 1.82) is 0 Å². The summed E-state index contributed by atoms with van der Waals surface area (Å²) in [6, 6.07) is 6.13. The highest BCUT2D eigenvalue weighted by molar-refractivity contribution is 7.89. The summed E-state index contributed by atoms with van der Waals surface area (Å²) in [6.07, 6.45) is 6.98. The van der Waals surface area contributed by atoms with Crippen molar-refractivity contribution >= 4 is 22.1 Å². The first kappa shape index (κ1) is 15.7. The number of sulfonamides is 1. The first-order valence-electron chi connectivity index (χ1n) is 6.98. The first-order valence-corrected chi connectivity index (χ1v) is 8.46. The predicted molar refractivity (Wildman–Crippen MR) is 80.3 cm³/mol. The minimum atomic E-state index is -3.48. The van der Waals surface area contributed by atoms with E-state index in [1.807, 2.05) is 0 Å². The topological polar surface area (TPSA) is 83.5 Å². The van der Waals surface area contributed by atoms with Crippen molar-refractivity contribution in [2.24, 2.45) is 5.92 Å². The third kappa shape index (κ3) is 4.68. The van der Waals surface area contributed by atoms with Crippen molar-refractivity contribution in [3.8, 4) is 0 Å². The quantitative estimate of drug-likeness (QED) is 0.757. The second-order valence-electron chi connectivity index (χ2n) is 5.22. The lowest BCUT2D eigenvalue weighted by molar-refractivity contribution is -0.131. The van der Waals surface area contributed by atoms with E-state index in [2.05, 4.69) is 4.72 Å². The van der Waals surface area contributed by atoms with Gasteiger partial charge in [-0.3, -0.25) is 0 Å². The molecule has 0 bridgehead atoms. The van der Waals surface area contributed by atoms with Gasteiger partial charge < -0.3 is 5.11 Å². The Bertz CT molecular complexity index is 616. The second kappa shape index (κ2) is 6.87. The molecule has 1 aliphatic rings. The van der Waals surface area contributed by atoms with Crippen LogP contribution in [0.2, 0.25) is 0 Å². The van der Waals surface area contributed by atoms with Crippen LogP contribution in [0.1, 0.15) is 31.2 Å². The molecule has 2 rings (SSSR count). The van der Waals surface area contributed by atoms with E-state index in [1.54, 1.807) is 12.1 Å². The lowest BCUT2D eigenvalue weighted by Crippen LogP contribution is -2.27. The van der Waals surface area contributed by atoms with Crippen molar-refractivity contribution in [2.45, 2.75) is 30.6 Å². The maximum Gasteiger partial charge on any atom is 0.328 e. The van der Waals surface area contributed by atoms with E-state index in [-0.39, 0.29) is 4.90 Å². The number of aliphatic carboxylic acids is 1. The Hall–Kier alpha value is -1.66. The van der Waals surface area contributed by atoms with Crippen LogP contribution < -0.4 is 4.72 Å². The van der Waals surface area contributed by atoms with Crippen LogP contribution in [-0.4, -0.2) is 26.0 Å². The Morgan fingerprint density at radius 3 is 2.48 bits per heavy atom. The summed E-state index contributed by atoms with van der Waals surface area (Å²) in [7, 11) is -3.48. The number of hydrogen-bond donors (Lipinski definition) is 2. The Morgan fingerprint density at radius 2 is 1.95 bits per heavy atom. The van der Waals surface area contributed by atoms with Crippen LogP contribution >= 0.6 is 0 Å². The monoisotopic (exact) mass is 309 g/mol. The summed E-state index contributed by atoms with van der Waals surface area (Å²) < 4.78 is 26.8. The van der Waals surface area contributed by atoms with Gasteiger partial charge in [-0.2, -0.15) is 0 Å². The lowest BCUT2D eigenvalue weighted by atomic mass is 9.83. The van der Waals surface area contributed by atoms with E-state index in [4.69, 9.17) is 5.11 Å². The second-order valence-corrected chi connectivity index (χ2v) is 6.99. The molecule has 21 heavy (non-hydrogen) atoms. The van der Waals surface area contributed by atoms with E-state index >= 15 is 0 Å². The molecule has 0 aromatic heterocycles. The van der Waals surface area contributed by atoms with Crippen molar-refractivity contribution in [1.82, 2.24) is 4.72 Å². The van der Waals surface area contributed by atoms with Crippen LogP contribution in [0.15, 0.2) is 35.2 Å². The number of nitrogens with one attached hydrogen (secondary N) is 1. The number of carboxylic acids is 1. The molecule has 1 fully saturated rings. The standard InChI is InChI=1S/C15H19NO4S/c17-15(18)9-6-13-4-7-14(8-5-13)21(19,20)16-11-10-12-2-1-3-12/h4-9,12,16H,1-3,10-11H2,(H,17,18)/b9-6+. The van der Waals surface area contributed by atoms with Gasteiger partial charge in [0.1, 0.15) is 0 Å². The molecule has 0 aliphatic heterocycles. The molecule has 0 amide bonds. The SMILES string of the molecule is O=C(O)/C=C/c1ccc(S(=O)(=O)NCCC2CCC2)cc1. The van der Waals surface area contributed by atoms with E-state index in [0.717, 1.165) is 12.5 Å². The maximum absolute atomic E-state index is 12.1. The maximum atomic E-state index is 12.1. The Morgan fingerprint density at radius 1 is 1.29 bits per heavy atom. The Balaban J connectivity index is 1.94. The summed E-state index contributed by atoms with van der Waals surface area (Å²) >= 11 is 0. The van der Waals surface area contributed by atoms with E-state index < -0.39 is 16.0 Å². The number of carbonyl (C=O) groups is 1. The van der Waals surface area contributed by atoms with Crippen LogP contribution in [0.5, 0.6) is 0 Å². The van der Waals surface area contributed by atoms with Gasteiger partial charge in [0.15, 0.2) is 0 Å². The molecule has 1 aliphatic carbocycles. The zero-order chi connectivity index (χ0) is 15.3. The number of hydrogen-bond acceptors (Lipinski definition) is 3. The van der Waals surface area contributed by atoms with Crippen LogP contribution in [0.3, 0.4) is 0 Å². The molecule has 0 heterocycles. The predicted octanol–water partition coefficient (Wildman–Crippen LogP) is 2.25. The highest BCUT2D eigenvalue weighted by Crippen LogP contribution is 2.28. The molecule has 114 valence electrons. The third-order valence-corrected chi connectivity index (χ3v) is 5.16. The number of carboxylic acid groups (broad SMARTS) is 1. The highest BCUT2D eigenvalue weighted by Gasteiger charge is 2.19. The largest absolute Gasteiger partial charge is 0.478 e. The molecule has 6 heteroatoms. The van der Waals surface area contributed by atoms with Crippen LogP contribution in [0, 0.1) is 5.92 Å². The average molecular weight is 309 g/mol.